The summed E-state index contributed by atoms with van der Waals surface area (Å²) in [5.41, 5.74) is 0.388. The van der Waals surface area contributed by atoms with E-state index in [1.807, 2.05) is 6.08 Å². The highest BCUT2D eigenvalue weighted by Crippen LogP contribution is 2.32. The van der Waals surface area contributed by atoms with Gasteiger partial charge < -0.3 is 5.11 Å². The van der Waals surface area contributed by atoms with Crippen LogP contribution in [-0.4, -0.2) is 15.4 Å². The Labute approximate surface area is 80.1 Å². The minimum absolute atomic E-state index is 0.0219. The second kappa shape index (κ2) is 3.44. The van der Waals surface area contributed by atoms with Gasteiger partial charge in [0.25, 0.3) is 0 Å². The molecule has 0 aromatic carbocycles. The topological polar surface area (TPSA) is 37.3 Å². The maximum atomic E-state index is 10.5. The van der Waals surface area contributed by atoms with Gasteiger partial charge in [-0.3, -0.25) is 0 Å². The van der Waals surface area contributed by atoms with Crippen LogP contribution in [0.15, 0.2) is 23.8 Å². The summed E-state index contributed by atoms with van der Waals surface area (Å²) in [5, 5.41) is 8.65. The third-order valence-corrected chi connectivity index (χ3v) is 3.21. The third-order valence-electron chi connectivity index (χ3n) is 2.06. The lowest BCUT2D eigenvalue weighted by atomic mass is 9.94. The van der Waals surface area contributed by atoms with Crippen molar-refractivity contribution in [3.8, 4) is 0 Å². The molecule has 0 amide bonds. The second-order valence-corrected chi connectivity index (χ2v) is 4.47. The second-order valence-electron chi connectivity index (χ2n) is 2.89. The quantitative estimate of drug-likeness (QED) is 0.741. The lowest BCUT2D eigenvalue weighted by Crippen LogP contribution is -2.18. The summed E-state index contributed by atoms with van der Waals surface area (Å²) in [4.78, 5) is 10.5. The highest BCUT2D eigenvalue weighted by Gasteiger charge is 2.23. The Bertz CT molecular complexity index is 255. The van der Waals surface area contributed by atoms with Gasteiger partial charge in [-0.25, -0.2) is 4.79 Å². The number of hydrogen-bond acceptors (Lipinski definition) is 1. The van der Waals surface area contributed by atoms with Crippen molar-refractivity contribution in [3.05, 3.63) is 23.8 Å². The van der Waals surface area contributed by atoms with Gasteiger partial charge in [0, 0.05) is 4.32 Å². The first-order valence-electron chi connectivity index (χ1n) is 3.89. The summed E-state index contributed by atoms with van der Waals surface area (Å²) in [6.45, 7) is 2.07. The first-order chi connectivity index (χ1) is 5.57. The van der Waals surface area contributed by atoms with Crippen molar-refractivity contribution in [1.29, 1.82) is 0 Å². The average molecular weight is 231 g/mol. The summed E-state index contributed by atoms with van der Waals surface area (Å²) in [5.74, 6) is -0.850. The lowest BCUT2D eigenvalue weighted by molar-refractivity contribution is -0.132. The molecule has 2 nitrogen and oxygen atoms in total. The summed E-state index contributed by atoms with van der Waals surface area (Å²) >= 11 is 3.55. The van der Waals surface area contributed by atoms with E-state index in [4.69, 9.17) is 5.11 Å². The molecule has 1 rings (SSSR count). The molecule has 0 aliphatic heterocycles. The van der Waals surface area contributed by atoms with Gasteiger partial charge >= 0.3 is 5.97 Å². The predicted molar refractivity (Wildman–Crippen MR) is 51.4 cm³/mol. The van der Waals surface area contributed by atoms with Crippen LogP contribution in [0.5, 0.6) is 0 Å². The number of rotatable bonds is 2. The molecule has 12 heavy (non-hydrogen) atoms. The molecule has 0 fully saturated rings. The van der Waals surface area contributed by atoms with Crippen molar-refractivity contribution >= 4 is 21.9 Å². The summed E-state index contributed by atoms with van der Waals surface area (Å²) in [6.07, 6.45) is 7.04. The normalized spacial score (nSPS) is 28.3. The molecule has 1 aliphatic rings. The van der Waals surface area contributed by atoms with Crippen LogP contribution in [-0.2, 0) is 4.79 Å². The van der Waals surface area contributed by atoms with E-state index in [2.05, 4.69) is 22.9 Å². The molecule has 1 unspecified atom stereocenters. The van der Waals surface area contributed by atoms with Gasteiger partial charge in [-0.1, -0.05) is 41.1 Å². The highest BCUT2D eigenvalue weighted by atomic mass is 79.9. The Morgan fingerprint density at radius 3 is 2.83 bits per heavy atom. The van der Waals surface area contributed by atoms with E-state index >= 15 is 0 Å². The number of hydrogen-bond donors (Lipinski definition) is 1. The van der Waals surface area contributed by atoms with Crippen LogP contribution in [0.3, 0.4) is 0 Å². The SMILES string of the molecule is CCC1(Br)C=CC(C(=O)O)=CC1. The zero-order valence-electron chi connectivity index (χ0n) is 6.88. The molecule has 1 atom stereocenters. The van der Waals surface area contributed by atoms with E-state index in [0.717, 1.165) is 12.8 Å². The number of halogens is 1. The molecule has 0 aromatic heterocycles. The number of alkyl halides is 1. The fourth-order valence-electron chi connectivity index (χ4n) is 1.08. The first-order valence-corrected chi connectivity index (χ1v) is 4.68. The maximum absolute atomic E-state index is 10.5. The molecule has 3 heteroatoms. The Morgan fingerprint density at radius 1 is 1.83 bits per heavy atom. The number of carbonyl (C=O) groups is 1. The zero-order chi connectivity index (χ0) is 9.19. The fourth-order valence-corrected chi connectivity index (χ4v) is 1.37. The Balaban J connectivity index is 2.74. The monoisotopic (exact) mass is 230 g/mol. The molecule has 0 radical (unpaired) electrons. The van der Waals surface area contributed by atoms with Crippen LogP contribution in [0.4, 0.5) is 0 Å². The lowest BCUT2D eigenvalue weighted by Gasteiger charge is -2.23. The molecular formula is C9H11BrO2. The van der Waals surface area contributed by atoms with Crippen LogP contribution >= 0.6 is 15.9 Å². The van der Waals surface area contributed by atoms with Gasteiger partial charge in [0.2, 0.25) is 0 Å². The van der Waals surface area contributed by atoms with Gasteiger partial charge in [-0.15, -0.1) is 0 Å². The minimum Gasteiger partial charge on any atom is -0.478 e. The minimum atomic E-state index is -0.850. The van der Waals surface area contributed by atoms with E-state index in [-0.39, 0.29) is 4.32 Å². The molecular weight excluding hydrogens is 220 g/mol. The van der Waals surface area contributed by atoms with Crippen molar-refractivity contribution < 1.29 is 9.90 Å². The summed E-state index contributed by atoms with van der Waals surface area (Å²) in [7, 11) is 0. The number of allylic oxidation sites excluding steroid dienone is 2. The van der Waals surface area contributed by atoms with E-state index in [0.29, 0.717) is 5.57 Å². The molecule has 0 aromatic rings. The smallest absolute Gasteiger partial charge is 0.335 e. The predicted octanol–water partition coefficient (Wildman–Crippen LogP) is 2.50. The fraction of sp³-hybridized carbons (Fsp3) is 0.444. The van der Waals surface area contributed by atoms with Crippen molar-refractivity contribution in [3.63, 3.8) is 0 Å². The molecule has 66 valence electrons. The van der Waals surface area contributed by atoms with Gasteiger partial charge in [0.1, 0.15) is 0 Å². The van der Waals surface area contributed by atoms with E-state index in [1.54, 1.807) is 12.2 Å². The number of carboxylic acids is 1. The van der Waals surface area contributed by atoms with Gasteiger partial charge in [-0.2, -0.15) is 0 Å². The molecule has 0 spiro atoms. The van der Waals surface area contributed by atoms with Gasteiger partial charge in [-0.05, 0) is 12.8 Å². The Kier molecular flexibility index (Phi) is 2.73. The van der Waals surface area contributed by atoms with Crippen molar-refractivity contribution in [2.75, 3.05) is 0 Å². The summed E-state index contributed by atoms with van der Waals surface area (Å²) < 4.78 is -0.0219. The first kappa shape index (κ1) is 9.52. The highest BCUT2D eigenvalue weighted by molar-refractivity contribution is 9.10. The number of aliphatic carboxylic acids is 1. The van der Waals surface area contributed by atoms with E-state index in [9.17, 15) is 4.79 Å². The molecule has 1 aliphatic carbocycles. The molecule has 1 N–H and O–H groups in total. The summed E-state index contributed by atoms with van der Waals surface area (Å²) in [6, 6.07) is 0. The molecule has 0 saturated heterocycles. The van der Waals surface area contributed by atoms with Gasteiger partial charge in [0.15, 0.2) is 0 Å². The number of carboxylic acid groups (broad SMARTS) is 1. The standard InChI is InChI=1S/C9H11BrO2/c1-2-9(10)5-3-7(4-6-9)8(11)12/h3-5H,2,6H2,1H3,(H,11,12). The van der Waals surface area contributed by atoms with E-state index < -0.39 is 5.97 Å². The Hall–Kier alpha value is -0.570. The van der Waals surface area contributed by atoms with Crippen LogP contribution in [0.25, 0.3) is 0 Å². The van der Waals surface area contributed by atoms with Gasteiger partial charge in [0.05, 0.1) is 5.57 Å². The third kappa shape index (κ3) is 1.97. The van der Waals surface area contributed by atoms with Crippen LogP contribution in [0.2, 0.25) is 0 Å². The average Bonchev–Trinajstić information content (AvgIpc) is 2.05. The van der Waals surface area contributed by atoms with E-state index in [1.165, 1.54) is 0 Å². The van der Waals surface area contributed by atoms with Crippen molar-refractivity contribution in [1.82, 2.24) is 0 Å². The molecule has 0 bridgehead atoms. The Morgan fingerprint density at radius 2 is 2.50 bits per heavy atom. The van der Waals surface area contributed by atoms with Crippen LogP contribution < -0.4 is 0 Å². The van der Waals surface area contributed by atoms with Crippen molar-refractivity contribution in [2.24, 2.45) is 0 Å². The van der Waals surface area contributed by atoms with Crippen molar-refractivity contribution in [2.45, 2.75) is 24.1 Å². The molecule has 0 saturated carbocycles. The maximum Gasteiger partial charge on any atom is 0.335 e. The van der Waals surface area contributed by atoms with Crippen LogP contribution in [0, 0.1) is 0 Å². The largest absolute Gasteiger partial charge is 0.478 e. The van der Waals surface area contributed by atoms with Crippen LogP contribution in [0.1, 0.15) is 19.8 Å². The zero-order valence-corrected chi connectivity index (χ0v) is 8.47. The molecule has 0 heterocycles.